The number of hydrogen-bond acceptors (Lipinski definition) is 5. The molecule has 2 aromatic heterocycles. The molecule has 0 aliphatic heterocycles. The number of H-pyrrole nitrogens is 1. The molecule has 1 aliphatic carbocycles. The Kier molecular flexibility index (Phi) is 3.57. The van der Waals surface area contributed by atoms with E-state index < -0.39 is 0 Å². The molecule has 4 rings (SSSR count). The highest BCUT2D eigenvalue weighted by molar-refractivity contribution is 5.73. The molecular weight excluding hydrogens is 306 g/mol. The predicted octanol–water partition coefficient (Wildman–Crippen LogP) is 1.93. The first kappa shape index (κ1) is 14.9. The lowest BCUT2D eigenvalue weighted by atomic mass is 9.92. The lowest BCUT2D eigenvalue weighted by Gasteiger charge is -2.26. The molecule has 1 aromatic carbocycles. The number of aromatic amines is 1. The summed E-state index contributed by atoms with van der Waals surface area (Å²) in [5.41, 5.74) is 7.75. The minimum atomic E-state index is -0.159. The Hall–Kier alpha value is -2.67. The van der Waals surface area contributed by atoms with Gasteiger partial charge in [0, 0.05) is 17.6 Å². The molecule has 2 heterocycles. The third-order valence-electron chi connectivity index (χ3n) is 4.67. The van der Waals surface area contributed by atoms with Crippen molar-refractivity contribution in [2.45, 2.75) is 37.8 Å². The fourth-order valence-electron chi connectivity index (χ4n) is 3.40. The van der Waals surface area contributed by atoms with E-state index in [1.807, 2.05) is 6.07 Å². The number of rotatable bonds is 2. The first-order valence-corrected chi connectivity index (χ1v) is 8.14. The van der Waals surface area contributed by atoms with Crippen LogP contribution in [-0.2, 0) is 0 Å². The van der Waals surface area contributed by atoms with Crippen LogP contribution in [0.4, 0.5) is 0 Å². The second kappa shape index (κ2) is 5.76. The summed E-state index contributed by atoms with van der Waals surface area (Å²) in [7, 11) is 0. The summed E-state index contributed by atoms with van der Waals surface area (Å²) in [4.78, 5) is 24.1. The molecule has 0 bridgehead atoms. The van der Waals surface area contributed by atoms with Crippen LogP contribution in [0.2, 0.25) is 0 Å². The van der Waals surface area contributed by atoms with E-state index in [4.69, 9.17) is 5.73 Å². The number of phenols is 1. The van der Waals surface area contributed by atoms with E-state index in [1.54, 1.807) is 29.0 Å². The van der Waals surface area contributed by atoms with Crippen LogP contribution in [0, 0.1) is 0 Å². The highest BCUT2D eigenvalue weighted by Gasteiger charge is 2.24. The Balaban J connectivity index is 1.81. The molecule has 7 heteroatoms. The number of aromatic nitrogens is 4. The van der Waals surface area contributed by atoms with Crippen LogP contribution in [0.5, 0.6) is 5.75 Å². The molecule has 0 saturated heterocycles. The molecule has 124 valence electrons. The number of aromatic hydroxyl groups is 1. The number of fused-ring (bicyclic) bond motifs is 1. The van der Waals surface area contributed by atoms with Gasteiger partial charge in [-0.15, -0.1) is 0 Å². The fraction of sp³-hybridized carbons (Fsp3) is 0.353. The summed E-state index contributed by atoms with van der Waals surface area (Å²) in [6.07, 6.45) is 5.19. The van der Waals surface area contributed by atoms with Crippen molar-refractivity contribution in [2.75, 3.05) is 0 Å². The van der Waals surface area contributed by atoms with Crippen molar-refractivity contribution < 1.29 is 5.11 Å². The number of imidazole rings is 1. The Morgan fingerprint density at radius 2 is 2.04 bits per heavy atom. The Morgan fingerprint density at radius 1 is 1.25 bits per heavy atom. The first-order chi connectivity index (χ1) is 11.6. The molecule has 0 amide bonds. The zero-order chi connectivity index (χ0) is 16.7. The quantitative estimate of drug-likeness (QED) is 0.667. The van der Waals surface area contributed by atoms with Crippen LogP contribution in [0.1, 0.15) is 31.7 Å². The summed E-state index contributed by atoms with van der Waals surface area (Å²) in [6, 6.07) is 7.10. The normalized spacial score (nSPS) is 21.2. The van der Waals surface area contributed by atoms with Crippen LogP contribution in [0.3, 0.4) is 0 Å². The van der Waals surface area contributed by atoms with Crippen molar-refractivity contribution in [3.63, 3.8) is 0 Å². The molecule has 0 unspecified atom stereocenters. The van der Waals surface area contributed by atoms with Gasteiger partial charge in [-0.25, -0.2) is 14.8 Å². The van der Waals surface area contributed by atoms with E-state index in [0.29, 0.717) is 22.6 Å². The van der Waals surface area contributed by atoms with Crippen LogP contribution in [-0.4, -0.2) is 30.7 Å². The van der Waals surface area contributed by atoms with E-state index in [1.165, 1.54) is 0 Å². The summed E-state index contributed by atoms with van der Waals surface area (Å²) < 4.78 is 1.73. The maximum Gasteiger partial charge on any atom is 0.327 e. The average Bonchev–Trinajstić information content (AvgIpc) is 2.91. The van der Waals surface area contributed by atoms with Crippen LogP contribution in [0.25, 0.3) is 22.6 Å². The molecular formula is C17H19N5O2. The highest BCUT2D eigenvalue weighted by Crippen LogP contribution is 2.29. The smallest absolute Gasteiger partial charge is 0.327 e. The van der Waals surface area contributed by atoms with E-state index in [-0.39, 0.29) is 23.5 Å². The van der Waals surface area contributed by atoms with Crippen molar-refractivity contribution in [1.29, 1.82) is 0 Å². The van der Waals surface area contributed by atoms with Crippen molar-refractivity contribution in [3.8, 4) is 17.1 Å². The van der Waals surface area contributed by atoms with E-state index in [2.05, 4.69) is 15.0 Å². The number of nitrogens with one attached hydrogen (secondary N) is 1. The number of phenolic OH excluding ortho intramolecular Hbond substituents is 1. The minimum Gasteiger partial charge on any atom is -0.508 e. The molecule has 0 spiro atoms. The molecule has 0 radical (unpaired) electrons. The van der Waals surface area contributed by atoms with Crippen molar-refractivity contribution in [1.82, 2.24) is 19.5 Å². The highest BCUT2D eigenvalue weighted by atomic mass is 16.3. The van der Waals surface area contributed by atoms with E-state index in [0.717, 1.165) is 25.7 Å². The molecule has 1 aliphatic rings. The summed E-state index contributed by atoms with van der Waals surface area (Å²) in [5, 5.41) is 9.65. The van der Waals surface area contributed by atoms with Gasteiger partial charge in [0.05, 0.1) is 6.20 Å². The monoisotopic (exact) mass is 325 g/mol. The Morgan fingerprint density at radius 3 is 2.79 bits per heavy atom. The largest absolute Gasteiger partial charge is 0.508 e. The van der Waals surface area contributed by atoms with Gasteiger partial charge in [-0.3, -0.25) is 4.57 Å². The molecule has 1 fully saturated rings. The van der Waals surface area contributed by atoms with Gasteiger partial charge < -0.3 is 15.8 Å². The van der Waals surface area contributed by atoms with Gasteiger partial charge in [-0.2, -0.15) is 0 Å². The lowest BCUT2D eigenvalue weighted by Crippen LogP contribution is -2.31. The molecule has 4 N–H and O–H groups in total. The van der Waals surface area contributed by atoms with Crippen molar-refractivity contribution in [2.24, 2.45) is 5.73 Å². The maximum absolute atomic E-state index is 12.4. The van der Waals surface area contributed by atoms with Gasteiger partial charge in [0.1, 0.15) is 11.3 Å². The average molecular weight is 325 g/mol. The third-order valence-corrected chi connectivity index (χ3v) is 4.67. The van der Waals surface area contributed by atoms with Crippen molar-refractivity contribution in [3.05, 3.63) is 40.9 Å². The molecule has 3 aromatic rings. The predicted molar refractivity (Wildman–Crippen MR) is 90.7 cm³/mol. The zero-order valence-corrected chi connectivity index (χ0v) is 13.1. The van der Waals surface area contributed by atoms with Crippen molar-refractivity contribution >= 4 is 11.2 Å². The second-order valence-corrected chi connectivity index (χ2v) is 6.35. The Labute approximate surface area is 138 Å². The molecule has 0 atom stereocenters. The molecule has 7 nitrogen and oxygen atoms in total. The number of benzene rings is 1. The summed E-state index contributed by atoms with van der Waals surface area (Å²) in [5.74, 6) is 0.641. The SMILES string of the molecule is N[C@H]1CC[C@H](n2c(=O)[nH]c3cnc(-c4cccc(O)c4)nc32)CC1. The Bertz CT molecular complexity index is 938. The summed E-state index contributed by atoms with van der Waals surface area (Å²) in [6.45, 7) is 0. The van der Waals surface area contributed by atoms with Gasteiger partial charge in [-0.1, -0.05) is 12.1 Å². The fourth-order valence-corrected chi connectivity index (χ4v) is 3.40. The number of hydrogen-bond donors (Lipinski definition) is 3. The number of nitrogens with two attached hydrogens (primary N) is 1. The van der Waals surface area contributed by atoms with Gasteiger partial charge in [-0.05, 0) is 37.8 Å². The topological polar surface area (TPSA) is 110 Å². The van der Waals surface area contributed by atoms with Crippen LogP contribution in [0.15, 0.2) is 35.3 Å². The van der Waals surface area contributed by atoms with Crippen LogP contribution < -0.4 is 11.4 Å². The maximum atomic E-state index is 12.4. The molecule has 1 saturated carbocycles. The van der Waals surface area contributed by atoms with Crippen LogP contribution >= 0.6 is 0 Å². The minimum absolute atomic E-state index is 0.109. The lowest BCUT2D eigenvalue weighted by molar-refractivity contribution is 0.323. The van der Waals surface area contributed by atoms with Gasteiger partial charge in [0.25, 0.3) is 0 Å². The molecule has 24 heavy (non-hydrogen) atoms. The summed E-state index contributed by atoms with van der Waals surface area (Å²) >= 11 is 0. The van der Waals surface area contributed by atoms with Gasteiger partial charge in [0.15, 0.2) is 11.5 Å². The third kappa shape index (κ3) is 2.56. The first-order valence-electron chi connectivity index (χ1n) is 8.14. The van der Waals surface area contributed by atoms with Gasteiger partial charge in [0.2, 0.25) is 0 Å². The van der Waals surface area contributed by atoms with Gasteiger partial charge >= 0.3 is 5.69 Å². The standard InChI is InChI=1S/C17H19N5O2/c18-11-4-6-12(7-5-11)22-16-14(20-17(22)24)9-19-15(21-16)10-2-1-3-13(23)8-10/h1-3,8-9,11-12,23H,4-7,18H2,(H,20,24)/t11-,12-. The van der Waals surface area contributed by atoms with E-state index >= 15 is 0 Å². The second-order valence-electron chi connectivity index (χ2n) is 6.35. The van der Waals surface area contributed by atoms with E-state index in [9.17, 15) is 9.90 Å². The zero-order valence-electron chi connectivity index (χ0n) is 13.1. The number of nitrogens with zero attached hydrogens (tertiary/aromatic N) is 3.